The van der Waals surface area contributed by atoms with Crippen molar-refractivity contribution in [3.05, 3.63) is 59.7 Å². The number of benzene rings is 2. The molecule has 2 amide bonds. The van der Waals surface area contributed by atoms with Crippen molar-refractivity contribution in [2.24, 2.45) is 23.7 Å². The average Bonchev–Trinajstić information content (AvgIpc) is 3.36. The monoisotopic (exact) mass is 478 g/mol. The number of carbonyl (C=O) groups is 3. The third-order valence-electron chi connectivity index (χ3n) is 7.47. The average molecular weight is 479 g/mol. The number of nitrogens with one attached hydrogen (secondary N) is 1. The minimum absolute atomic E-state index is 0.0365. The van der Waals surface area contributed by atoms with Crippen LogP contribution in [0.3, 0.4) is 0 Å². The van der Waals surface area contributed by atoms with Gasteiger partial charge in [-0.1, -0.05) is 69.3 Å². The SMILES string of the molecule is CC(C)C(C(=O)N1C[C@H](C(=O)O)[C@@H](C)C1)C(C)NC(=O)OCC1c2ccccc2-c2ccccc21. The van der Waals surface area contributed by atoms with Crippen LogP contribution in [0.15, 0.2) is 48.5 Å². The minimum atomic E-state index is -0.876. The normalized spacial score (nSPS) is 20.8. The molecule has 1 aliphatic carbocycles. The maximum absolute atomic E-state index is 13.3. The summed E-state index contributed by atoms with van der Waals surface area (Å²) in [6, 6.07) is 15.9. The molecule has 0 spiro atoms. The minimum Gasteiger partial charge on any atom is -0.481 e. The van der Waals surface area contributed by atoms with Crippen LogP contribution in [0.4, 0.5) is 4.79 Å². The van der Waals surface area contributed by atoms with Gasteiger partial charge in [-0.15, -0.1) is 0 Å². The van der Waals surface area contributed by atoms with Crippen molar-refractivity contribution < 1.29 is 24.2 Å². The van der Waals surface area contributed by atoms with Crippen molar-refractivity contribution in [2.75, 3.05) is 19.7 Å². The summed E-state index contributed by atoms with van der Waals surface area (Å²) < 4.78 is 5.66. The predicted octanol–water partition coefficient (Wildman–Crippen LogP) is 4.36. The molecule has 2 aromatic rings. The van der Waals surface area contributed by atoms with E-state index in [9.17, 15) is 19.5 Å². The summed E-state index contributed by atoms with van der Waals surface area (Å²) in [5.41, 5.74) is 4.60. The van der Waals surface area contributed by atoms with Crippen molar-refractivity contribution in [3.8, 4) is 11.1 Å². The van der Waals surface area contributed by atoms with Crippen LogP contribution in [0.25, 0.3) is 11.1 Å². The molecule has 4 rings (SSSR count). The van der Waals surface area contributed by atoms with E-state index in [0.29, 0.717) is 6.54 Å². The smallest absolute Gasteiger partial charge is 0.407 e. The zero-order chi connectivity index (χ0) is 25.3. The van der Waals surface area contributed by atoms with Crippen molar-refractivity contribution in [1.29, 1.82) is 0 Å². The molecule has 0 radical (unpaired) electrons. The van der Waals surface area contributed by atoms with Crippen LogP contribution in [0.2, 0.25) is 0 Å². The number of hydrogen-bond donors (Lipinski definition) is 2. The molecule has 0 bridgehead atoms. The number of fused-ring (bicyclic) bond motifs is 3. The standard InChI is InChI=1S/C28H34N2O5/c1-16(2)25(26(31)30-13-17(3)23(14-30)27(32)33)18(4)29-28(34)35-15-24-21-11-7-5-9-19(21)20-10-6-8-12-22(20)24/h5-12,16-18,23-25H,13-15H2,1-4H3,(H,29,34)(H,32,33)/t17-,18?,23-,25?/m0/s1. The second-order valence-electron chi connectivity index (χ2n) is 10.2. The van der Waals surface area contributed by atoms with Gasteiger partial charge < -0.3 is 20.1 Å². The number of aliphatic carboxylic acids is 1. The van der Waals surface area contributed by atoms with E-state index in [-0.39, 0.29) is 36.8 Å². The number of likely N-dealkylation sites (tertiary alicyclic amines) is 1. The van der Waals surface area contributed by atoms with E-state index in [0.717, 1.165) is 22.3 Å². The van der Waals surface area contributed by atoms with Crippen LogP contribution in [0, 0.1) is 23.7 Å². The second kappa shape index (κ2) is 10.1. The molecule has 35 heavy (non-hydrogen) atoms. The van der Waals surface area contributed by atoms with E-state index >= 15 is 0 Å². The third kappa shape index (κ3) is 4.90. The zero-order valence-electron chi connectivity index (χ0n) is 20.7. The van der Waals surface area contributed by atoms with Gasteiger partial charge in [0.1, 0.15) is 6.61 Å². The number of rotatable bonds is 7. The number of carboxylic acids is 1. The molecule has 4 atom stereocenters. The van der Waals surface area contributed by atoms with Gasteiger partial charge in [0.25, 0.3) is 0 Å². The lowest BCUT2D eigenvalue weighted by Crippen LogP contribution is -2.48. The van der Waals surface area contributed by atoms with E-state index in [1.807, 2.05) is 45.0 Å². The fraction of sp³-hybridized carbons (Fsp3) is 0.464. The Bertz CT molecular complexity index is 1070. The lowest BCUT2D eigenvalue weighted by Gasteiger charge is -2.31. The summed E-state index contributed by atoms with van der Waals surface area (Å²) in [6.07, 6.45) is -0.559. The van der Waals surface area contributed by atoms with Gasteiger partial charge >= 0.3 is 12.1 Å². The van der Waals surface area contributed by atoms with Crippen LogP contribution in [0.5, 0.6) is 0 Å². The maximum Gasteiger partial charge on any atom is 0.407 e. The summed E-state index contributed by atoms with van der Waals surface area (Å²) in [4.78, 5) is 39.2. The van der Waals surface area contributed by atoms with Crippen LogP contribution in [-0.4, -0.2) is 53.7 Å². The largest absolute Gasteiger partial charge is 0.481 e. The predicted molar refractivity (Wildman–Crippen MR) is 133 cm³/mol. The highest BCUT2D eigenvalue weighted by atomic mass is 16.5. The Morgan fingerprint density at radius 1 is 1.00 bits per heavy atom. The molecule has 2 unspecified atom stereocenters. The Kier molecular flexibility index (Phi) is 7.15. The molecule has 0 aromatic heterocycles. The van der Waals surface area contributed by atoms with E-state index in [2.05, 4.69) is 29.6 Å². The fourth-order valence-electron chi connectivity index (χ4n) is 5.67. The van der Waals surface area contributed by atoms with Crippen molar-refractivity contribution in [3.63, 3.8) is 0 Å². The molecule has 1 fully saturated rings. The van der Waals surface area contributed by atoms with Crippen molar-refractivity contribution >= 4 is 18.0 Å². The number of carboxylic acid groups (broad SMARTS) is 1. The number of hydrogen-bond acceptors (Lipinski definition) is 4. The summed E-state index contributed by atoms with van der Waals surface area (Å²) in [5, 5.41) is 12.3. The van der Waals surface area contributed by atoms with Crippen LogP contribution < -0.4 is 5.32 Å². The van der Waals surface area contributed by atoms with Gasteiger partial charge in [-0.2, -0.15) is 0 Å². The summed E-state index contributed by atoms with van der Waals surface area (Å²) in [5.74, 6) is -2.21. The van der Waals surface area contributed by atoms with E-state index in [4.69, 9.17) is 4.74 Å². The Hall–Kier alpha value is -3.35. The topological polar surface area (TPSA) is 95.9 Å². The fourth-order valence-corrected chi connectivity index (χ4v) is 5.67. The van der Waals surface area contributed by atoms with Crippen LogP contribution >= 0.6 is 0 Å². The molecule has 1 aliphatic heterocycles. The molecule has 2 N–H and O–H groups in total. The highest BCUT2D eigenvalue weighted by molar-refractivity contribution is 5.83. The van der Waals surface area contributed by atoms with Gasteiger partial charge in [-0.05, 0) is 41.0 Å². The second-order valence-corrected chi connectivity index (χ2v) is 10.2. The molecular formula is C28H34N2O5. The van der Waals surface area contributed by atoms with Gasteiger partial charge in [0.05, 0.1) is 11.8 Å². The molecule has 0 saturated carbocycles. The van der Waals surface area contributed by atoms with Gasteiger partial charge in [-0.3, -0.25) is 9.59 Å². The van der Waals surface area contributed by atoms with Gasteiger partial charge in [0, 0.05) is 25.0 Å². The summed E-state index contributed by atoms with van der Waals surface area (Å²) in [6.45, 7) is 8.36. The molecule has 1 saturated heterocycles. The van der Waals surface area contributed by atoms with Crippen molar-refractivity contribution in [1.82, 2.24) is 10.2 Å². The number of ether oxygens (including phenoxy) is 1. The van der Waals surface area contributed by atoms with E-state index < -0.39 is 29.9 Å². The summed E-state index contributed by atoms with van der Waals surface area (Å²) in [7, 11) is 0. The Morgan fingerprint density at radius 2 is 1.57 bits per heavy atom. The van der Waals surface area contributed by atoms with E-state index in [1.165, 1.54) is 0 Å². The quantitative estimate of drug-likeness (QED) is 0.616. The van der Waals surface area contributed by atoms with Gasteiger partial charge in [0.15, 0.2) is 0 Å². The first kappa shape index (κ1) is 24.8. The lowest BCUT2D eigenvalue weighted by atomic mass is 9.88. The Balaban J connectivity index is 1.39. The van der Waals surface area contributed by atoms with Gasteiger partial charge in [-0.25, -0.2) is 4.79 Å². The zero-order valence-corrected chi connectivity index (χ0v) is 20.7. The first-order valence-electron chi connectivity index (χ1n) is 12.3. The molecular weight excluding hydrogens is 444 g/mol. The summed E-state index contributed by atoms with van der Waals surface area (Å²) >= 11 is 0. The van der Waals surface area contributed by atoms with E-state index in [1.54, 1.807) is 11.8 Å². The molecule has 1 heterocycles. The Morgan fingerprint density at radius 3 is 2.09 bits per heavy atom. The van der Waals surface area contributed by atoms with Crippen LogP contribution in [-0.2, 0) is 14.3 Å². The van der Waals surface area contributed by atoms with Gasteiger partial charge in [0.2, 0.25) is 5.91 Å². The highest BCUT2D eigenvalue weighted by Crippen LogP contribution is 2.44. The number of amides is 2. The first-order valence-corrected chi connectivity index (χ1v) is 12.3. The van der Waals surface area contributed by atoms with Crippen molar-refractivity contribution in [2.45, 2.75) is 39.7 Å². The molecule has 7 nitrogen and oxygen atoms in total. The van der Waals surface area contributed by atoms with Crippen LogP contribution in [0.1, 0.15) is 44.7 Å². The Labute approximate surface area is 206 Å². The molecule has 2 aliphatic rings. The third-order valence-corrected chi connectivity index (χ3v) is 7.47. The number of carbonyl (C=O) groups excluding carboxylic acids is 2. The number of alkyl carbamates (subject to hydrolysis) is 1. The highest BCUT2D eigenvalue weighted by Gasteiger charge is 2.41. The molecule has 2 aromatic carbocycles. The lowest BCUT2D eigenvalue weighted by molar-refractivity contribution is -0.142. The molecule has 186 valence electrons. The number of nitrogens with zero attached hydrogens (tertiary/aromatic N) is 1. The molecule has 7 heteroatoms. The maximum atomic E-state index is 13.3. The first-order chi connectivity index (χ1) is 16.7.